The molecular weight excluding hydrogens is 312 g/mol. The van der Waals surface area contributed by atoms with Gasteiger partial charge in [0.2, 0.25) is 5.28 Å². The molecule has 0 saturated carbocycles. The average Bonchev–Trinajstić information content (AvgIpc) is 3.00. The maximum atomic E-state index is 12.5. The number of urea groups is 1. The Morgan fingerprint density at radius 1 is 1.26 bits per heavy atom. The van der Waals surface area contributed by atoms with Crippen LogP contribution in [0.25, 0.3) is 5.57 Å². The Balaban J connectivity index is 1.99. The Morgan fingerprint density at radius 3 is 2.65 bits per heavy atom. The van der Waals surface area contributed by atoms with Crippen molar-refractivity contribution in [3.63, 3.8) is 0 Å². The molecule has 0 saturated heterocycles. The topological polar surface area (TPSA) is 49.3 Å². The van der Waals surface area contributed by atoms with Crippen molar-refractivity contribution in [1.82, 2.24) is 19.8 Å². The molecule has 6 heteroatoms. The summed E-state index contributed by atoms with van der Waals surface area (Å²) in [5, 5.41) is 0.206. The summed E-state index contributed by atoms with van der Waals surface area (Å²) in [7, 11) is 3.51. The molecule has 0 aliphatic carbocycles. The zero-order chi connectivity index (χ0) is 16.4. The number of carbonyl (C=O) groups is 1. The summed E-state index contributed by atoms with van der Waals surface area (Å²) >= 11 is 5.89. The quantitative estimate of drug-likeness (QED) is 0.795. The molecule has 0 unspecified atom stereocenters. The minimum atomic E-state index is -0.116. The fraction of sp³-hybridized carbons (Fsp3) is 0.235. The van der Waals surface area contributed by atoms with Gasteiger partial charge in [-0.25, -0.2) is 14.8 Å². The van der Waals surface area contributed by atoms with E-state index in [0.717, 1.165) is 16.8 Å². The molecular formula is C17H17ClN4O. The first-order valence-electron chi connectivity index (χ1n) is 7.29. The molecule has 1 aromatic heterocycles. The minimum Gasteiger partial charge on any atom is -0.331 e. The molecule has 0 bridgehead atoms. The number of nitrogens with zero attached hydrogens (tertiary/aromatic N) is 4. The van der Waals surface area contributed by atoms with Crippen LogP contribution in [0.4, 0.5) is 4.79 Å². The molecule has 2 aromatic rings. The van der Waals surface area contributed by atoms with Gasteiger partial charge in [-0.2, -0.15) is 0 Å². The van der Waals surface area contributed by atoms with E-state index in [2.05, 4.69) is 16.0 Å². The van der Waals surface area contributed by atoms with Gasteiger partial charge in [-0.3, -0.25) is 0 Å². The molecule has 3 rings (SSSR count). The smallest absolute Gasteiger partial charge is 0.320 e. The SMILES string of the molecule is CN(C)C(=O)N1CC(c2ccnc(Cl)n2)=C[C@H]1c1ccccc1. The Hall–Kier alpha value is -2.40. The second-order valence-corrected chi connectivity index (χ2v) is 5.90. The Morgan fingerprint density at radius 2 is 2.00 bits per heavy atom. The molecule has 2 amide bonds. The highest BCUT2D eigenvalue weighted by molar-refractivity contribution is 6.28. The molecule has 5 nitrogen and oxygen atoms in total. The number of rotatable bonds is 2. The molecule has 1 atom stereocenters. The van der Waals surface area contributed by atoms with Gasteiger partial charge in [0.1, 0.15) is 0 Å². The van der Waals surface area contributed by atoms with Crippen LogP contribution in [0.1, 0.15) is 17.3 Å². The lowest BCUT2D eigenvalue weighted by Gasteiger charge is -2.28. The first-order valence-corrected chi connectivity index (χ1v) is 7.66. The summed E-state index contributed by atoms with van der Waals surface area (Å²) in [5.74, 6) is 0. The summed E-state index contributed by atoms with van der Waals surface area (Å²) in [6, 6.07) is 11.6. The molecule has 1 aromatic carbocycles. The highest BCUT2D eigenvalue weighted by Crippen LogP contribution is 2.34. The third-order valence-corrected chi connectivity index (χ3v) is 3.94. The summed E-state index contributed by atoms with van der Waals surface area (Å²) in [6.45, 7) is 0.490. The molecule has 0 radical (unpaired) electrons. The van der Waals surface area contributed by atoms with E-state index in [4.69, 9.17) is 11.6 Å². The maximum absolute atomic E-state index is 12.5. The van der Waals surface area contributed by atoms with Gasteiger partial charge in [-0.1, -0.05) is 36.4 Å². The van der Waals surface area contributed by atoms with Crippen molar-refractivity contribution in [2.45, 2.75) is 6.04 Å². The van der Waals surface area contributed by atoms with E-state index in [-0.39, 0.29) is 17.4 Å². The van der Waals surface area contributed by atoms with Crippen LogP contribution in [0.15, 0.2) is 48.7 Å². The van der Waals surface area contributed by atoms with Gasteiger partial charge in [-0.15, -0.1) is 0 Å². The molecule has 0 N–H and O–H groups in total. The van der Waals surface area contributed by atoms with E-state index in [1.54, 1.807) is 25.2 Å². The van der Waals surface area contributed by atoms with Crippen LogP contribution in [0.3, 0.4) is 0 Å². The van der Waals surface area contributed by atoms with Crippen LogP contribution in [0.5, 0.6) is 0 Å². The monoisotopic (exact) mass is 328 g/mol. The third-order valence-electron chi connectivity index (χ3n) is 3.76. The van der Waals surface area contributed by atoms with Crippen LogP contribution in [0, 0.1) is 0 Å². The largest absolute Gasteiger partial charge is 0.331 e. The zero-order valence-corrected chi connectivity index (χ0v) is 13.7. The summed E-state index contributed by atoms with van der Waals surface area (Å²) < 4.78 is 0. The third kappa shape index (κ3) is 3.19. The van der Waals surface area contributed by atoms with Gasteiger partial charge in [0.15, 0.2) is 0 Å². The lowest BCUT2D eigenvalue weighted by molar-refractivity contribution is 0.170. The van der Waals surface area contributed by atoms with E-state index in [1.165, 1.54) is 0 Å². The van der Waals surface area contributed by atoms with Crippen LogP contribution < -0.4 is 0 Å². The summed E-state index contributed by atoms with van der Waals surface area (Å²) in [6.07, 6.45) is 3.69. The Kier molecular flexibility index (Phi) is 4.30. The van der Waals surface area contributed by atoms with Gasteiger partial charge < -0.3 is 9.80 Å². The van der Waals surface area contributed by atoms with Crippen molar-refractivity contribution in [2.24, 2.45) is 0 Å². The van der Waals surface area contributed by atoms with Crippen molar-refractivity contribution in [3.05, 3.63) is 65.2 Å². The molecule has 0 fully saturated rings. The van der Waals surface area contributed by atoms with Gasteiger partial charge in [0.25, 0.3) is 0 Å². The maximum Gasteiger partial charge on any atom is 0.320 e. The molecule has 118 valence electrons. The number of hydrogen-bond acceptors (Lipinski definition) is 3. The van der Waals surface area contributed by atoms with Gasteiger partial charge in [0.05, 0.1) is 18.3 Å². The molecule has 23 heavy (non-hydrogen) atoms. The van der Waals surface area contributed by atoms with Crippen molar-refractivity contribution in [3.8, 4) is 0 Å². The van der Waals surface area contributed by atoms with Crippen LogP contribution in [-0.4, -0.2) is 46.4 Å². The van der Waals surface area contributed by atoms with Crippen LogP contribution in [-0.2, 0) is 0 Å². The van der Waals surface area contributed by atoms with E-state index in [1.807, 2.05) is 41.3 Å². The number of benzene rings is 1. The van der Waals surface area contributed by atoms with Crippen molar-refractivity contribution in [1.29, 1.82) is 0 Å². The first kappa shape index (κ1) is 15.5. The Bertz CT molecular complexity index is 745. The van der Waals surface area contributed by atoms with Crippen LogP contribution in [0.2, 0.25) is 5.28 Å². The fourth-order valence-electron chi connectivity index (χ4n) is 2.67. The van der Waals surface area contributed by atoms with Crippen molar-refractivity contribution in [2.75, 3.05) is 20.6 Å². The zero-order valence-electron chi connectivity index (χ0n) is 13.0. The van der Waals surface area contributed by atoms with E-state index >= 15 is 0 Å². The van der Waals surface area contributed by atoms with E-state index < -0.39 is 0 Å². The Labute approximate surface area is 140 Å². The fourth-order valence-corrected chi connectivity index (χ4v) is 2.81. The minimum absolute atomic E-state index is 0.0368. The van der Waals surface area contributed by atoms with E-state index in [0.29, 0.717) is 6.54 Å². The standard InChI is InChI=1S/C17H17ClN4O/c1-21(2)17(23)22-11-13(14-8-9-19-16(18)20-14)10-15(22)12-6-4-3-5-7-12/h3-10,15H,11H2,1-2H3/t15-/m0/s1. The summed E-state index contributed by atoms with van der Waals surface area (Å²) in [4.78, 5) is 24.1. The summed E-state index contributed by atoms with van der Waals surface area (Å²) in [5.41, 5.74) is 2.79. The number of carbonyl (C=O) groups excluding carboxylic acids is 1. The molecule has 1 aliphatic heterocycles. The normalized spacial score (nSPS) is 17.1. The first-order chi connectivity index (χ1) is 11.1. The highest BCUT2D eigenvalue weighted by atomic mass is 35.5. The number of aromatic nitrogens is 2. The average molecular weight is 329 g/mol. The van der Waals surface area contributed by atoms with Crippen molar-refractivity contribution >= 4 is 23.2 Å². The van der Waals surface area contributed by atoms with Gasteiger partial charge >= 0.3 is 6.03 Å². The second kappa shape index (κ2) is 6.38. The highest BCUT2D eigenvalue weighted by Gasteiger charge is 2.32. The lowest BCUT2D eigenvalue weighted by atomic mass is 10.1. The number of amides is 2. The van der Waals surface area contributed by atoms with Gasteiger partial charge in [0, 0.05) is 20.3 Å². The predicted molar refractivity (Wildman–Crippen MR) is 90.0 cm³/mol. The van der Waals surface area contributed by atoms with Gasteiger partial charge in [-0.05, 0) is 28.8 Å². The molecule has 2 heterocycles. The van der Waals surface area contributed by atoms with Crippen LogP contribution >= 0.6 is 11.6 Å². The number of hydrogen-bond donors (Lipinski definition) is 0. The molecule has 1 aliphatic rings. The molecule has 0 spiro atoms. The lowest BCUT2D eigenvalue weighted by Crippen LogP contribution is -2.39. The predicted octanol–water partition coefficient (Wildman–Crippen LogP) is 3.25. The second-order valence-electron chi connectivity index (χ2n) is 5.56. The van der Waals surface area contributed by atoms with Crippen molar-refractivity contribution < 1.29 is 4.79 Å². The number of halogens is 1. The van der Waals surface area contributed by atoms with E-state index in [9.17, 15) is 4.79 Å².